The summed E-state index contributed by atoms with van der Waals surface area (Å²) >= 11 is 0. The number of hydrogen-bond donors (Lipinski definition) is 0. The molecule has 1 fully saturated rings. The van der Waals surface area contributed by atoms with Crippen LogP contribution in [0.3, 0.4) is 0 Å². The Kier molecular flexibility index (Phi) is 6.93. The summed E-state index contributed by atoms with van der Waals surface area (Å²) in [7, 11) is -3.78. The average molecular weight is 445 g/mol. The van der Waals surface area contributed by atoms with Crippen LogP contribution in [0.2, 0.25) is 0 Å². The second-order valence-electron chi connectivity index (χ2n) is 11.2. The third kappa shape index (κ3) is 3.08. The Bertz CT molecular complexity index is 741. The van der Waals surface area contributed by atoms with Crippen molar-refractivity contribution in [3.05, 3.63) is 60.7 Å². The summed E-state index contributed by atoms with van der Waals surface area (Å²) in [5.41, 5.74) is 2.94. The molecule has 1 aliphatic carbocycles. The number of hydrogen-bond acceptors (Lipinski definition) is 0. The molecule has 0 aliphatic heterocycles. The topological polar surface area (TPSA) is 0 Å². The van der Waals surface area contributed by atoms with E-state index in [0.717, 1.165) is 28.6 Å². The fraction of sp³-hybridized carbons (Fsp3) is 0.571. The third-order valence-corrected chi connectivity index (χ3v) is 25.6. The van der Waals surface area contributed by atoms with Crippen molar-refractivity contribution in [3.8, 4) is 0 Å². The van der Waals surface area contributed by atoms with Crippen LogP contribution < -0.4 is 10.6 Å². The molecule has 2 heteroatoms. The molecule has 0 spiro atoms. The van der Waals surface area contributed by atoms with Gasteiger partial charge in [-0.05, 0) is 0 Å². The normalized spacial score (nSPS) is 23.4. The fourth-order valence-corrected chi connectivity index (χ4v) is 30.5. The van der Waals surface area contributed by atoms with E-state index in [1.807, 2.05) is 0 Å². The van der Waals surface area contributed by atoms with Crippen molar-refractivity contribution in [3.63, 3.8) is 0 Å². The van der Waals surface area contributed by atoms with Gasteiger partial charge in [0, 0.05) is 0 Å². The van der Waals surface area contributed by atoms with Gasteiger partial charge in [0.15, 0.2) is 0 Å². The monoisotopic (exact) mass is 444 g/mol. The SMILES string of the molecule is CC1CC1([PH](c1ccccc1)(C(C)C)C(C)C)[PH](c1ccccc1)(C(C)C)C(C)C. The summed E-state index contributed by atoms with van der Waals surface area (Å²) < 4.78 is 0. The first-order valence-electron chi connectivity index (χ1n) is 12.2. The second kappa shape index (κ2) is 8.68. The first kappa shape index (κ1) is 24.0. The van der Waals surface area contributed by atoms with Crippen molar-refractivity contribution in [2.24, 2.45) is 5.92 Å². The second-order valence-corrected chi connectivity index (χ2v) is 22.7. The molecule has 2 aromatic rings. The summed E-state index contributed by atoms with van der Waals surface area (Å²) in [6.07, 6.45) is 1.43. The molecule has 1 atom stereocenters. The molecule has 1 unspecified atom stereocenters. The quantitative estimate of drug-likeness (QED) is 0.370. The van der Waals surface area contributed by atoms with Crippen molar-refractivity contribution >= 4 is 25.1 Å². The maximum absolute atomic E-state index is 2.60. The summed E-state index contributed by atoms with van der Waals surface area (Å²) in [6.45, 7) is 23.1. The van der Waals surface area contributed by atoms with Crippen LogP contribution in [0.5, 0.6) is 0 Å². The molecule has 2 aromatic carbocycles. The van der Waals surface area contributed by atoms with Crippen molar-refractivity contribution in [1.29, 1.82) is 0 Å². The third-order valence-electron chi connectivity index (χ3n) is 8.93. The van der Waals surface area contributed by atoms with E-state index in [1.165, 1.54) is 6.42 Å². The van der Waals surface area contributed by atoms with Gasteiger partial charge >= 0.3 is 188 Å². The zero-order chi connectivity index (χ0) is 22.3. The Labute approximate surface area is 187 Å². The van der Waals surface area contributed by atoms with E-state index < -0.39 is 14.5 Å². The maximum atomic E-state index is 2.60. The molecule has 0 aromatic heterocycles. The molecule has 0 amide bonds. The molecule has 3 rings (SSSR count). The van der Waals surface area contributed by atoms with Gasteiger partial charge in [-0.25, -0.2) is 0 Å². The molecular weight excluding hydrogens is 398 g/mol. The number of benzene rings is 2. The summed E-state index contributed by atoms with van der Waals surface area (Å²) in [5, 5.41) is 3.43. The fourth-order valence-electron chi connectivity index (χ4n) is 8.59. The van der Waals surface area contributed by atoms with Gasteiger partial charge in [0.05, 0.1) is 0 Å². The van der Waals surface area contributed by atoms with E-state index in [-0.39, 0.29) is 0 Å². The Morgan fingerprint density at radius 2 is 0.867 bits per heavy atom. The Morgan fingerprint density at radius 1 is 0.600 bits per heavy atom. The van der Waals surface area contributed by atoms with Crippen LogP contribution in [0, 0.1) is 5.92 Å². The first-order chi connectivity index (χ1) is 14.1. The van der Waals surface area contributed by atoms with Gasteiger partial charge in [-0.15, -0.1) is 0 Å². The van der Waals surface area contributed by atoms with E-state index in [2.05, 4.69) is 123 Å². The standard InChI is InChI=1S/C28H46P2/c1-21(2)29(22(3)4,26-16-12-10-13-17-26)28(20-25(28)9)30(23(5)6,24(7)8)27-18-14-11-15-19-27/h10-19,21-25,29-30H,20H2,1-9H3. The predicted octanol–water partition coefficient (Wildman–Crippen LogP) is 7.51. The van der Waals surface area contributed by atoms with Gasteiger partial charge in [-0.3, -0.25) is 0 Å². The Balaban J connectivity index is 2.46. The molecule has 0 heterocycles. The van der Waals surface area contributed by atoms with Gasteiger partial charge in [-0.2, -0.15) is 0 Å². The molecule has 1 saturated carbocycles. The molecule has 0 nitrogen and oxygen atoms in total. The molecule has 0 radical (unpaired) electrons. The minimum absolute atomic E-state index is 0.507. The van der Waals surface area contributed by atoms with E-state index >= 15 is 0 Å². The van der Waals surface area contributed by atoms with Crippen molar-refractivity contribution in [2.45, 2.75) is 96.3 Å². The molecule has 0 N–H and O–H groups in total. The Hall–Kier alpha value is -0.700. The van der Waals surface area contributed by atoms with Crippen LogP contribution in [0.15, 0.2) is 60.7 Å². The molecule has 30 heavy (non-hydrogen) atoms. The van der Waals surface area contributed by atoms with E-state index in [0.29, 0.717) is 4.90 Å². The van der Waals surface area contributed by atoms with E-state index in [4.69, 9.17) is 0 Å². The summed E-state index contributed by atoms with van der Waals surface area (Å²) in [5.74, 6) is 0.825. The predicted molar refractivity (Wildman–Crippen MR) is 146 cm³/mol. The average Bonchev–Trinajstić information content (AvgIpc) is 3.35. The summed E-state index contributed by atoms with van der Waals surface area (Å²) in [4.78, 5) is 0.507. The van der Waals surface area contributed by atoms with Crippen molar-refractivity contribution < 1.29 is 0 Å². The zero-order valence-electron chi connectivity index (χ0n) is 20.9. The van der Waals surface area contributed by atoms with Crippen LogP contribution in [0.25, 0.3) is 0 Å². The molecule has 168 valence electrons. The molecular formula is C28H46P2. The van der Waals surface area contributed by atoms with Crippen LogP contribution in [-0.4, -0.2) is 27.5 Å². The zero-order valence-corrected chi connectivity index (χ0v) is 22.9. The van der Waals surface area contributed by atoms with Crippen molar-refractivity contribution in [2.75, 3.05) is 0 Å². The summed E-state index contributed by atoms with van der Waals surface area (Å²) in [6, 6.07) is 23.6. The van der Waals surface area contributed by atoms with Crippen LogP contribution in [0.4, 0.5) is 0 Å². The van der Waals surface area contributed by atoms with Crippen LogP contribution >= 0.6 is 14.5 Å². The van der Waals surface area contributed by atoms with E-state index in [1.54, 1.807) is 10.6 Å². The van der Waals surface area contributed by atoms with Gasteiger partial charge < -0.3 is 0 Å². The van der Waals surface area contributed by atoms with Gasteiger partial charge in [-0.1, -0.05) is 0 Å². The van der Waals surface area contributed by atoms with Gasteiger partial charge in [0.25, 0.3) is 0 Å². The van der Waals surface area contributed by atoms with Gasteiger partial charge in [0.2, 0.25) is 0 Å². The number of rotatable bonds is 8. The minimum atomic E-state index is -1.89. The molecule has 0 bridgehead atoms. The van der Waals surface area contributed by atoms with Gasteiger partial charge in [0.1, 0.15) is 0 Å². The van der Waals surface area contributed by atoms with Crippen molar-refractivity contribution in [1.82, 2.24) is 0 Å². The Morgan fingerprint density at radius 3 is 1.07 bits per heavy atom. The first-order valence-corrected chi connectivity index (χ1v) is 16.5. The van der Waals surface area contributed by atoms with Crippen LogP contribution in [-0.2, 0) is 0 Å². The van der Waals surface area contributed by atoms with E-state index in [9.17, 15) is 0 Å². The van der Waals surface area contributed by atoms with Crippen LogP contribution in [0.1, 0.15) is 68.7 Å². The molecule has 1 aliphatic rings. The molecule has 0 saturated heterocycles.